The predicted molar refractivity (Wildman–Crippen MR) is 66.8 cm³/mol. The van der Waals surface area contributed by atoms with Gasteiger partial charge in [0, 0.05) is 24.6 Å². The van der Waals surface area contributed by atoms with Crippen molar-refractivity contribution in [2.75, 3.05) is 19.8 Å². The molecule has 1 atom stereocenters. The molecule has 0 aromatic carbocycles. The van der Waals surface area contributed by atoms with Crippen molar-refractivity contribution < 1.29 is 4.74 Å². The van der Waals surface area contributed by atoms with E-state index in [0.717, 1.165) is 26.3 Å². The highest BCUT2D eigenvalue weighted by Crippen LogP contribution is 2.16. The smallest absolute Gasteiger partial charge is 0.107 e. The second-order valence-corrected chi connectivity index (χ2v) is 5.75. The van der Waals surface area contributed by atoms with Crippen molar-refractivity contribution in [3.05, 3.63) is 15.6 Å². The standard InChI is InChI=1S/C12H20N2OS/c1-9-10(2)16-12(14-9)7-13-6-11-4-3-5-15-8-11/h11,13H,3-8H2,1-2H3. The molecule has 1 N–H and O–H groups in total. The second kappa shape index (κ2) is 5.75. The van der Waals surface area contributed by atoms with Gasteiger partial charge in [-0.3, -0.25) is 0 Å². The molecule has 0 amide bonds. The molecule has 4 heteroatoms. The summed E-state index contributed by atoms with van der Waals surface area (Å²) in [6.07, 6.45) is 2.50. The van der Waals surface area contributed by atoms with E-state index in [1.54, 1.807) is 11.3 Å². The van der Waals surface area contributed by atoms with Gasteiger partial charge in [-0.05, 0) is 32.6 Å². The summed E-state index contributed by atoms with van der Waals surface area (Å²) in [5, 5.41) is 4.68. The SMILES string of the molecule is Cc1nc(CNCC2CCCOC2)sc1C. The second-order valence-electron chi connectivity index (χ2n) is 4.46. The van der Waals surface area contributed by atoms with Gasteiger partial charge in [0.2, 0.25) is 0 Å². The van der Waals surface area contributed by atoms with Gasteiger partial charge < -0.3 is 10.1 Å². The van der Waals surface area contributed by atoms with Crippen LogP contribution in [0.1, 0.15) is 28.4 Å². The number of nitrogens with zero attached hydrogens (tertiary/aromatic N) is 1. The third-order valence-electron chi connectivity index (χ3n) is 3.04. The lowest BCUT2D eigenvalue weighted by molar-refractivity contribution is 0.0547. The van der Waals surface area contributed by atoms with Crippen LogP contribution in [0.25, 0.3) is 0 Å². The molecule has 0 spiro atoms. The van der Waals surface area contributed by atoms with E-state index < -0.39 is 0 Å². The van der Waals surface area contributed by atoms with Crippen LogP contribution >= 0.6 is 11.3 Å². The van der Waals surface area contributed by atoms with Crippen LogP contribution in [-0.4, -0.2) is 24.7 Å². The summed E-state index contributed by atoms with van der Waals surface area (Å²) in [5.41, 5.74) is 1.17. The number of nitrogens with one attached hydrogen (secondary N) is 1. The van der Waals surface area contributed by atoms with Gasteiger partial charge in [0.15, 0.2) is 0 Å². The van der Waals surface area contributed by atoms with Gasteiger partial charge in [-0.25, -0.2) is 4.98 Å². The van der Waals surface area contributed by atoms with Gasteiger partial charge in [0.1, 0.15) is 5.01 Å². The lowest BCUT2D eigenvalue weighted by Crippen LogP contribution is -2.28. The van der Waals surface area contributed by atoms with Crippen LogP contribution in [0, 0.1) is 19.8 Å². The molecule has 3 nitrogen and oxygen atoms in total. The Morgan fingerprint density at radius 3 is 3.00 bits per heavy atom. The number of thiazole rings is 1. The number of rotatable bonds is 4. The maximum Gasteiger partial charge on any atom is 0.107 e. The number of hydrogen-bond donors (Lipinski definition) is 1. The van der Waals surface area contributed by atoms with Crippen LogP contribution in [0.4, 0.5) is 0 Å². The fraction of sp³-hybridized carbons (Fsp3) is 0.750. The normalized spacial score (nSPS) is 21.2. The van der Waals surface area contributed by atoms with Gasteiger partial charge >= 0.3 is 0 Å². The van der Waals surface area contributed by atoms with Crippen molar-refractivity contribution in [1.29, 1.82) is 0 Å². The molecule has 1 unspecified atom stereocenters. The summed E-state index contributed by atoms with van der Waals surface area (Å²) in [5.74, 6) is 0.691. The molecule has 16 heavy (non-hydrogen) atoms. The van der Waals surface area contributed by atoms with E-state index in [4.69, 9.17) is 4.74 Å². The molecule has 1 aliphatic rings. The minimum Gasteiger partial charge on any atom is -0.381 e. The van der Waals surface area contributed by atoms with Crippen LogP contribution in [0.15, 0.2) is 0 Å². The zero-order valence-corrected chi connectivity index (χ0v) is 10.9. The molecule has 1 aromatic heterocycles. The Morgan fingerprint density at radius 2 is 2.38 bits per heavy atom. The molecule has 1 aliphatic heterocycles. The molecule has 0 radical (unpaired) electrons. The molecule has 0 aliphatic carbocycles. The predicted octanol–water partition coefficient (Wildman–Crippen LogP) is 2.28. The highest BCUT2D eigenvalue weighted by Gasteiger charge is 2.13. The van der Waals surface area contributed by atoms with Crippen LogP contribution in [0.5, 0.6) is 0 Å². The van der Waals surface area contributed by atoms with E-state index in [1.165, 1.54) is 28.4 Å². The molecular formula is C12H20N2OS. The molecular weight excluding hydrogens is 220 g/mol. The summed E-state index contributed by atoms with van der Waals surface area (Å²) in [7, 11) is 0. The average molecular weight is 240 g/mol. The van der Waals surface area contributed by atoms with Crippen molar-refractivity contribution >= 4 is 11.3 Å². The Labute approximate surface area is 101 Å². The Morgan fingerprint density at radius 1 is 1.50 bits per heavy atom. The average Bonchev–Trinajstić information content (AvgIpc) is 2.60. The Kier molecular flexibility index (Phi) is 4.32. The van der Waals surface area contributed by atoms with Gasteiger partial charge in [-0.2, -0.15) is 0 Å². The van der Waals surface area contributed by atoms with E-state index in [-0.39, 0.29) is 0 Å². The molecule has 1 saturated heterocycles. The first kappa shape index (κ1) is 12.0. The van der Waals surface area contributed by atoms with E-state index in [0.29, 0.717) is 5.92 Å². The fourth-order valence-corrected chi connectivity index (χ4v) is 2.87. The van der Waals surface area contributed by atoms with Crippen LogP contribution in [0.3, 0.4) is 0 Å². The molecule has 0 saturated carbocycles. The van der Waals surface area contributed by atoms with Crippen molar-refractivity contribution in [1.82, 2.24) is 10.3 Å². The zero-order valence-electron chi connectivity index (χ0n) is 10.1. The van der Waals surface area contributed by atoms with Gasteiger partial charge in [-0.1, -0.05) is 0 Å². The number of aryl methyl sites for hydroxylation is 2. The quantitative estimate of drug-likeness (QED) is 0.876. The molecule has 1 aromatic rings. The molecule has 90 valence electrons. The molecule has 1 fully saturated rings. The van der Waals surface area contributed by atoms with Crippen molar-refractivity contribution in [2.45, 2.75) is 33.2 Å². The van der Waals surface area contributed by atoms with Crippen molar-refractivity contribution in [2.24, 2.45) is 5.92 Å². The fourth-order valence-electron chi connectivity index (χ4n) is 1.97. The minimum absolute atomic E-state index is 0.691. The maximum absolute atomic E-state index is 5.46. The number of ether oxygens (including phenoxy) is 1. The summed E-state index contributed by atoms with van der Waals surface area (Å²) in [4.78, 5) is 5.85. The third kappa shape index (κ3) is 3.27. The third-order valence-corrected chi connectivity index (χ3v) is 4.11. The minimum atomic E-state index is 0.691. The summed E-state index contributed by atoms with van der Waals surface area (Å²) in [6.45, 7) is 8.02. The number of hydrogen-bond acceptors (Lipinski definition) is 4. The first-order valence-electron chi connectivity index (χ1n) is 5.97. The van der Waals surface area contributed by atoms with Crippen LogP contribution < -0.4 is 5.32 Å². The van der Waals surface area contributed by atoms with E-state index >= 15 is 0 Å². The van der Waals surface area contributed by atoms with Gasteiger partial charge in [0.25, 0.3) is 0 Å². The first-order valence-corrected chi connectivity index (χ1v) is 6.78. The van der Waals surface area contributed by atoms with Gasteiger partial charge in [-0.15, -0.1) is 11.3 Å². The van der Waals surface area contributed by atoms with Gasteiger partial charge in [0.05, 0.1) is 12.3 Å². The Balaban J connectivity index is 1.71. The lowest BCUT2D eigenvalue weighted by atomic mass is 10.0. The molecule has 2 rings (SSSR count). The largest absolute Gasteiger partial charge is 0.381 e. The van der Waals surface area contributed by atoms with Crippen LogP contribution in [-0.2, 0) is 11.3 Å². The van der Waals surface area contributed by atoms with Crippen LogP contribution in [0.2, 0.25) is 0 Å². The highest BCUT2D eigenvalue weighted by atomic mass is 32.1. The molecule has 2 heterocycles. The Bertz CT molecular complexity index is 312. The van der Waals surface area contributed by atoms with E-state index in [1.807, 2.05) is 0 Å². The molecule has 0 bridgehead atoms. The number of aromatic nitrogens is 1. The van der Waals surface area contributed by atoms with Crippen molar-refractivity contribution in [3.8, 4) is 0 Å². The first-order chi connectivity index (χ1) is 7.75. The lowest BCUT2D eigenvalue weighted by Gasteiger charge is -2.21. The zero-order chi connectivity index (χ0) is 11.4. The monoisotopic (exact) mass is 240 g/mol. The Hall–Kier alpha value is -0.450. The summed E-state index contributed by atoms with van der Waals surface area (Å²) < 4.78 is 5.46. The maximum atomic E-state index is 5.46. The highest BCUT2D eigenvalue weighted by molar-refractivity contribution is 7.11. The summed E-state index contributed by atoms with van der Waals surface area (Å²) >= 11 is 1.80. The topological polar surface area (TPSA) is 34.2 Å². The van der Waals surface area contributed by atoms with E-state index in [9.17, 15) is 0 Å². The van der Waals surface area contributed by atoms with E-state index in [2.05, 4.69) is 24.1 Å². The summed E-state index contributed by atoms with van der Waals surface area (Å²) in [6, 6.07) is 0. The van der Waals surface area contributed by atoms with Crippen molar-refractivity contribution in [3.63, 3.8) is 0 Å².